The number of nitrogens with one attached hydrogen (secondary N) is 1. The number of ketones is 1. The Hall–Kier alpha value is -2.09. The van der Waals surface area contributed by atoms with Crippen LogP contribution < -0.4 is 5.32 Å². The zero-order valence-electron chi connectivity index (χ0n) is 12.3. The molecule has 0 bridgehead atoms. The summed E-state index contributed by atoms with van der Waals surface area (Å²) in [6.45, 7) is 6.31. The minimum Gasteiger partial charge on any atom is -0.380 e. The Bertz CT molecular complexity index is 582. The fraction of sp³-hybridized carbons (Fsp3) is 0.278. The van der Waals surface area contributed by atoms with Crippen LogP contribution in [-0.2, 0) is 6.42 Å². The van der Waals surface area contributed by atoms with Crippen LogP contribution in [0.1, 0.15) is 36.7 Å². The van der Waals surface area contributed by atoms with Gasteiger partial charge in [0.05, 0.1) is 0 Å². The molecule has 0 saturated carbocycles. The summed E-state index contributed by atoms with van der Waals surface area (Å²) in [5, 5.41) is 3.39. The van der Waals surface area contributed by atoms with Crippen LogP contribution in [0.25, 0.3) is 0 Å². The summed E-state index contributed by atoms with van der Waals surface area (Å²) in [5.74, 6) is 0.147. The van der Waals surface area contributed by atoms with E-state index >= 15 is 0 Å². The van der Waals surface area contributed by atoms with Crippen LogP contribution in [0.2, 0.25) is 0 Å². The van der Waals surface area contributed by atoms with E-state index in [4.69, 9.17) is 0 Å². The van der Waals surface area contributed by atoms with E-state index in [1.807, 2.05) is 54.6 Å². The molecule has 2 rings (SSSR count). The van der Waals surface area contributed by atoms with Crippen molar-refractivity contribution in [2.75, 3.05) is 5.32 Å². The van der Waals surface area contributed by atoms with Crippen molar-refractivity contribution in [1.29, 1.82) is 0 Å². The maximum absolute atomic E-state index is 12.3. The predicted octanol–water partition coefficient (Wildman–Crippen LogP) is 4.32. The van der Waals surface area contributed by atoms with E-state index in [1.54, 1.807) is 0 Å². The van der Waals surface area contributed by atoms with E-state index in [9.17, 15) is 4.79 Å². The minimum absolute atomic E-state index is 0.0128. The molecule has 0 fully saturated rings. The maximum atomic E-state index is 12.3. The number of Topliss-reactive ketones (excluding diaryl/α,β-unsaturated/α-hetero) is 1. The molecule has 2 aromatic carbocycles. The van der Waals surface area contributed by atoms with Crippen molar-refractivity contribution in [3.8, 4) is 0 Å². The van der Waals surface area contributed by atoms with Crippen molar-refractivity contribution in [2.45, 2.75) is 32.7 Å². The summed E-state index contributed by atoms with van der Waals surface area (Å²) >= 11 is 0. The molecule has 0 atom stereocenters. The number of carbonyl (C=O) groups excluding carboxylic acids is 1. The first-order chi connectivity index (χ1) is 9.44. The summed E-state index contributed by atoms with van der Waals surface area (Å²) in [6.07, 6.45) is 0.444. The predicted molar refractivity (Wildman–Crippen MR) is 84.3 cm³/mol. The van der Waals surface area contributed by atoms with Crippen molar-refractivity contribution < 1.29 is 4.79 Å². The molecule has 0 aliphatic carbocycles. The van der Waals surface area contributed by atoms with Crippen molar-refractivity contribution in [3.63, 3.8) is 0 Å². The molecule has 0 spiro atoms. The number of hydrogen-bond acceptors (Lipinski definition) is 2. The molecule has 2 nitrogen and oxygen atoms in total. The largest absolute Gasteiger partial charge is 0.380 e. The molecule has 0 radical (unpaired) electrons. The van der Waals surface area contributed by atoms with Crippen LogP contribution in [0.4, 0.5) is 5.69 Å². The summed E-state index contributed by atoms with van der Waals surface area (Å²) in [7, 11) is 0. The Morgan fingerprint density at radius 1 is 1.00 bits per heavy atom. The second kappa shape index (κ2) is 5.91. The molecule has 2 heteroatoms. The monoisotopic (exact) mass is 267 g/mol. The molecule has 0 amide bonds. The standard InChI is InChI=1S/C18H21NO/c1-18(2,3)19-16-11-7-10-15(13-16)17(20)12-14-8-5-4-6-9-14/h4-11,13,19H,12H2,1-3H3. The van der Waals surface area contributed by atoms with Gasteiger partial charge in [-0.1, -0.05) is 42.5 Å². The Labute approximate surface area is 120 Å². The van der Waals surface area contributed by atoms with Gasteiger partial charge in [-0.2, -0.15) is 0 Å². The normalized spacial score (nSPS) is 11.2. The summed E-state index contributed by atoms with van der Waals surface area (Å²) in [6, 6.07) is 17.6. The highest BCUT2D eigenvalue weighted by Crippen LogP contribution is 2.17. The van der Waals surface area contributed by atoms with Gasteiger partial charge in [0.15, 0.2) is 5.78 Å². The van der Waals surface area contributed by atoms with Crippen molar-refractivity contribution in [3.05, 3.63) is 65.7 Å². The molecule has 0 aromatic heterocycles. The average Bonchev–Trinajstić information content (AvgIpc) is 2.38. The highest BCUT2D eigenvalue weighted by atomic mass is 16.1. The van der Waals surface area contributed by atoms with Gasteiger partial charge >= 0.3 is 0 Å². The molecule has 0 aliphatic heterocycles. The van der Waals surface area contributed by atoms with Crippen LogP contribution >= 0.6 is 0 Å². The zero-order chi connectivity index (χ0) is 14.6. The van der Waals surface area contributed by atoms with Gasteiger partial charge in [0.1, 0.15) is 0 Å². The van der Waals surface area contributed by atoms with Crippen molar-refractivity contribution in [1.82, 2.24) is 0 Å². The van der Waals surface area contributed by atoms with Crippen LogP contribution in [-0.4, -0.2) is 11.3 Å². The SMILES string of the molecule is CC(C)(C)Nc1cccc(C(=O)Cc2ccccc2)c1. The zero-order valence-corrected chi connectivity index (χ0v) is 12.3. The minimum atomic E-state index is -0.0128. The van der Waals surface area contributed by atoms with Crippen LogP contribution in [0, 0.1) is 0 Å². The number of carbonyl (C=O) groups is 1. The molecule has 0 heterocycles. The third kappa shape index (κ3) is 4.23. The average molecular weight is 267 g/mol. The molecule has 0 aliphatic rings. The van der Waals surface area contributed by atoms with Crippen LogP contribution in [0.5, 0.6) is 0 Å². The Morgan fingerprint density at radius 2 is 1.70 bits per heavy atom. The smallest absolute Gasteiger partial charge is 0.167 e. The number of anilines is 1. The number of hydrogen-bond donors (Lipinski definition) is 1. The highest BCUT2D eigenvalue weighted by Gasteiger charge is 2.11. The third-order valence-electron chi connectivity index (χ3n) is 2.91. The van der Waals surface area contributed by atoms with Gasteiger partial charge in [0.2, 0.25) is 0 Å². The molecule has 1 N–H and O–H groups in total. The first-order valence-electron chi connectivity index (χ1n) is 6.89. The molecule has 0 unspecified atom stereocenters. The lowest BCUT2D eigenvalue weighted by Crippen LogP contribution is -2.26. The molecule has 20 heavy (non-hydrogen) atoms. The maximum Gasteiger partial charge on any atom is 0.167 e. The van der Waals surface area contributed by atoms with E-state index in [0.717, 1.165) is 16.8 Å². The summed E-state index contributed by atoms with van der Waals surface area (Å²) < 4.78 is 0. The van der Waals surface area contributed by atoms with E-state index < -0.39 is 0 Å². The van der Waals surface area contributed by atoms with Crippen molar-refractivity contribution in [2.24, 2.45) is 0 Å². The molecular formula is C18H21NO. The van der Waals surface area contributed by atoms with Crippen molar-refractivity contribution >= 4 is 11.5 Å². The van der Waals surface area contributed by atoms with E-state index in [-0.39, 0.29) is 11.3 Å². The van der Waals surface area contributed by atoms with E-state index in [1.165, 1.54) is 0 Å². The second-order valence-electron chi connectivity index (χ2n) is 6.04. The highest BCUT2D eigenvalue weighted by molar-refractivity contribution is 5.98. The Kier molecular flexibility index (Phi) is 4.23. The Balaban J connectivity index is 2.12. The lowest BCUT2D eigenvalue weighted by atomic mass is 10.0. The third-order valence-corrected chi connectivity index (χ3v) is 2.91. The second-order valence-corrected chi connectivity index (χ2v) is 6.04. The number of benzene rings is 2. The molecule has 2 aromatic rings. The van der Waals surface area contributed by atoms with Gasteiger partial charge in [0, 0.05) is 23.2 Å². The van der Waals surface area contributed by atoms with Gasteiger partial charge in [-0.15, -0.1) is 0 Å². The quantitative estimate of drug-likeness (QED) is 0.836. The van der Waals surface area contributed by atoms with E-state index in [0.29, 0.717) is 6.42 Å². The van der Waals surface area contributed by atoms with Gasteiger partial charge < -0.3 is 5.32 Å². The van der Waals surface area contributed by atoms with Gasteiger partial charge in [-0.3, -0.25) is 4.79 Å². The lowest BCUT2D eigenvalue weighted by molar-refractivity contribution is 0.0993. The lowest BCUT2D eigenvalue weighted by Gasteiger charge is -2.22. The van der Waals surface area contributed by atoms with Gasteiger partial charge in [0.25, 0.3) is 0 Å². The molecule has 0 saturated heterocycles. The molecular weight excluding hydrogens is 246 g/mol. The first kappa shape index (κ1) is 14.3. The molecule has 104 valence electrons. The summed E-state index contributed by atoms with van der Waals surface area (Å²) in [4.78, 5) is 12.3. The fourth-order valence-corrected chi connectivity index (χ4v) is 2.09. The van der Waals surface area contributed by atoms with Crippen LogP contribution in [0.15, 0.2) is 54.6 Å². The Morgan fingerprint density at radius 3 is 2.35 bits per heavy atom. The van der Waals surface area contributed by atoms with Gasteiger partial charge in [-0.05, 0) is 38.5 Å². The summed E-state index contributed by atoms with van der Waals surface area (Å²) in [5.41, 5.74) is 2.77. The van der Waals surface area contributed by atoms with Gasteiger partial charge in [-0.25, -0.2) is 0 Å². The van der Waals surface area contributed by atoms with Crippen LogP contribution in [0.3, 0.4) is 0 Å². The topological polar surface area (TPSA) is 29.1 Å². The fourth-order valence-electron chi connectivity index (χ4n) is 2.09. The van der Waals surface area contributed by atoms with E-state index in [2.05, 4.69) is 26.1 Å². The number of rotatable bonds is 4. The first-order valence-corrected chi connectivity index (χ1v) is 6.89.